The highest BCUT2D eigenvalue weighted by Gasteiger charge is 2.25. The lowest BCUT2D eigenvalue weighted by atomic mass is 10.1. The second kappa shape index (κ2) is 5.12. The molecular weight excluding hydrogens is 206 g/mol. The molecule has 0 radical (unpaired) electrons. The topological polar surface area (TPSA) is 67.2 Å². The fraction of sp³-hybridized carbons (Fsp3) is 0.636. The Hall–Kier alpha value is -1.36. The molecule has 5 nitrogen and oxygen atoms in total. The summed E-state index contributed by atoms with van der Waals surface area (Å²) in [5.41, 5.74) is 0.907. The molecule has 1 rings (SSSR count). The lowest BCUT2D eigenvalue weighted by molar-refractivity contribution is -0.140. The van der Waals surface area contributed by atoms with Crippen LogP contribution in [0.25, 0.3) is 0 Å². The number of nitrogens with one attached hydrogen (secondary N) is 1. The summed E-state index contributed by atoms with van der Waals surface area (Å²) in [6.45, 7) is 8.20. The van der Waals surface area contributed by atoms with Crippen LogP contribution in [-0.2, 0) is 4.79 Å². The van der Waals surface area contributed by atoms with E-state index in [0.717, 1.165) is 11.5 Å². The van der Waals surface area contributed by atoms with Gasteiger partial charge in [0, 0.05) is 6.20 Å². The Labute approximate surface area is 95.5 Å². The first kappa shape index (κ1) is 12.7. The Morgan fingerprint density at radius 2 is 2.25 bits per heavy atom. The van der Waals surface area contributed by atoms with Gasteiger partial charge in [0.2, 0.25) is 0 Å². The zero-order chi connectivity index (χ0) is 12.3. The molecule has 0 saturated carbocycles. The van der Waals surface area contributed by atoms with Crippen LogP contribution >= 0.6 is 0 Å². The first-order chi connectivity index (χ1) is 7.47. The van der Waals surface area contributed by atoms with E-state index in [9.17, 15) is 4.79 Å². The average Bonchev–Trinajstić information content (AvgIpc) is 2.53. The minimum Gasteiger partial charge on any atom is -0.480 e. The number of carbonyl (C=O) groups is 1. The summed E-state index contributed by atoms with van der Waals surface area (Å²) in [6.07, 6.45) is 1.88. The number of imidazole rings is 1. The van der Waals surface area contributed by atoms with Gasteiger partial charge in [0.25, 0.3) is 0 Å². The van der Waals surface area contributed by atoms with Crippen molar-refractivity contribution >= 4 is 5.97 Å². The summed E-state index contributed by atoms with van der Waals surface area (Å²) >= 11 is 0. The molecule has 1 aromatic rings. The quantitative estimate of drug-likeness (QED) is 0.788. The summed E-state index contributed by atoms with van der Waals surface area (Å²) in [5.74, 6) is 0.00857. The van der Waals surface area contributed by atoms with Crippen molar-refractivity contribution in [3.05, 3.63) is 17.7 Å². The largest absolute Gasteiger partial charge is 0.480 e. The number of hydrogen-bond acceptors (Lipinski definition) is 3. The monoisotopic (exact) mass is 225 g/mol. The number of rotatable bonds is 5. The molecule has 0 amide bonds. The van der Waals surface area contributed by atoms with Gasteiger partial charge in [0.05, 0.1) is 11.7 Å². The molecule has 0 aliphatic carbocycles. The van der Waals surface area contributed by atoms with Gasteiger partial charge >= 0.3 is 5.97 Å². The number of aliphatic carboxylic acids is 1. The zero-order valence-electron chi connectivity index (χ0n) is 10.2. The van der Waals surface area contributed by atoms with Crippen LogP contribution in [0.15, 0.2) is 6.20 Å². The first-order valence-corrected chi connectivity index (χ1v) is 5.45. The molecular formula is C11H19N3O2. The molecule has 0 bridgehead atoms. The summed E-state index contributed by atoms with van der Waals surface area (Å²) in [7, 11) is 0. The van der Waals surface area contributed by atoms with E-state index in [0.29, 0.717) is 6.54 Å². The van der Waals surface area contributed by atoms with Crippen molar-refractivity contribution in [1.82, 2.24) is 14.9 Å². The van der Waals surface area contributed by atoms with Crippen LogP contribution in [0.2, 0.25) is 0 Å². The molecule has 5 heteroatoms. The molecule has 16 heavy (non-hydrogen) atoms. The van der Waals surface area contributed by atoms with Crippen LogP contribution in [0, 0.1) is 13.8 Å². The summed E-state index contributed by atoms with van der Waals surface area (Å²) in [6, 6.07) is -0.740. The maximum Gasteiger partial charge on any atom is 0.322 e. The number of carboxylic acid groups (broad SMARTS) is 1. The maximum absolute atomic E-state index is 11.1. The summed E-state index contributed by atoms with van der Waals surface area (Å²) in [4.78, 5) is 15.4. The van der Waals surface area contributed by atoms with E-state index in [-0.39, 0.29) is 6.04 Å². The summed E-state index contributed by atoms with van der Waals surface area (Å²) in [5, 5.41) is 12.1. The van der Waals surface area contributed by atoms with Crippen molar-refractivity contribution in [3.8, 4) is 0 Å². The normalized spacial score (nSPS) is 14.8. The van der Waals surface area contributed by atoms with E-state index in [2.05, 4.69) is 10.3 Å². The standard InChI is InChI=1S/C11H19N3O2/c1-5-12-10(11(15)16)8(3)14-6-7(2)13-9(14)4/h6,8,10,12H,5H2,1-4H3,(H,15,16). The summed E-state index contributed by atoms with van der Waals surface area (Å²) < 4.78 is 1.90. The lowest BCUT2D eigenvalue weighted by Gasteiger charge is -2.23. The Kier molecular flexibility index (Phi) is 4.06. The van der Waals surface area contributed by atoms with Crippen molar-refractivity contribution < 1.29 is 9.90 Å². The maximum atomic E-state index is 11.1. The van der Waals surface area contributed by atoms with E-state index in [4.69, 9.17) is 5.11 Å². The van der Waals surface area contributed by atoms with Crippen LogP contribution in [0.4, 0.5) is 0 Å². The second-order valence-electron chi connectivity index (χ2n) is 3.95. The van der Waals surface area contributed by atoms with E-state index in [1.807, 2.05) is 38.5 Å². The smallest absolute Gasteiger partial charge is 0.322 e. The minimum absolute atomic E-state index is 0.154. The molecule has 2 N–H and O–H groups in total. The van der Waals surface area contributed by atoms with Gasteiger partial charge in [-0.1, -0.05) is 6.92 Å². The molecule has 90 valence electrons. The third-order valence-electron chi connectivity index (χ3n) is 2.65. The molecule has 2 atom stereocenters. The van der Waals surface area contributed by atoms with Gasteiger partial charge < -0.3 is 15.0 Å². The second-order valence-corrected chi connectivity index (χ2v) is 3.95. The third kappa shape index (κ3) is 2.61. The van der Waals surface area contributed by atoms with Crippen molar-refractivity contribution in [2.75, 3.05) is 6.54 Å². The van der Waals surface area contributed by atoms with Crippen LogP contribution in [0.3, 0.4) is 0 Å². The highest BCUT2D eigenvalue weighted by molar-refractivity contribution is 5.74. The number of hydrogen-bond donors (Lipinski definition) is 2. The van der Waals surface area contributed by atoms with Gasteiger partial charge in [-0.15, -0.1) is 0 Å². The van der Waals surface area contributed by atoms with E-state index in [1.165, 1.54) is 0 Å². The Bertz CT molecular complexity index is 373. The number of nitrogens with zero attached hydrogens (tertiary/aromatic N) is 2. The van der Waals surface area contributed by atoms with Gasteiger partial charge in [-0.25, -0.2) is 4.98 Å². The van der Waals surface area contributed by atoms with E-state index < -0.39 is 12.0 Å². The lowest BCUT2D eigenvalue weighted by Crippen LogP contribution is -2.42. The Morgan fingerprint density at radius 3 is 2.62 bits per heavy atom. The number of carboxylic acids is 1. The number of aromatic nitrogens is 2. The molecule has 0 aliphatic rings. The van der Waals surface area contributed by atoms with Crippen molar-refractivity contribution in [2.24, 2.45) is 0 Å². The first-order valence-electron chi connectivity index (χ1n) is 5.45. The van der Waals surface area contributed by atoms with Gasteiger partial charge in [-0.05, 0) is 27.3 Å². The van der Waals surface area contributed by atoms with Crippen LogP contribution in [0.1, 0.15) is 31.4 Å². The van der Waals surface area contributed by atoms with Crippen LogP contribution in [-0.4, -0.2) is 33.2 Å². The third-order valence-corrected chi connectivity index (χ3v) is 2.65. The predicted octanol–water partition coefficient (Wildman–Crippen LogP) is 1.12. The molecule has 0 saturated heterocycles. The van der Waals surface area contributed by atoms with Crippen LogP contribution < -0.4 is 5.32 Å². The SMILES string of the molecule is CCNC(C(=O)O)C(C)n1cc(C)nc1C. The molecule has 0 aliphatic heterocycles. The van der Waals surface area contributed by atoms with Gasteiger partial charge in [0.15, 0.2) is 0 Å². The molecule has 0 aromatic carbocycles. The Morgan fingerprint density at radius 1 is 1.62 bits per heavy atom. The van der Waals surface area contributed by atoms with Crippen molar-refractivity contribution in [1.29, 1.82) is 0 Å². The van der Waals surface area contributed by atoms with Gasteiger partial charge in [-0.3, -0.25) is 4.79 Å². The number of likely N-dealkylation sites (N-methyl/N-ethyl adjacent to an activating group) is 1. The molecule has 2 unspecified atom stereocenters. The van der Waals surface area contributed by atoms with Gasteiger partial charge in [0.1, 0.15) is 11.9 Å². The average molecular weight is 225 g/mol. The Balaban J connectivity index is 2.93. The van der Waals surface area contributed by atoms with Gasteiger partial charge in [-0.2, -0.15) is 0 Å². The molecule has 1 aromatic heterocycles. The molecule has 0 spiro atoms. The highest BCUT2D eigenvalue weighted by atomic mass is 16.4. The number of aryl methyl sites for hydroxylation is 2. The predicted molar refractivity (Wildman–Crippen MR) is 61.5 cm³/mol. The fourth-order valence-corrected chi connectivity index (χ4v) is 1.89. The zero-order valence-corrected chi connectivity index (χ0v) is 10.2. The molecule has 0 fully saturated rings. The highest BCUT2D eigenvalue weighted by Crippen LogP contribution is 2.15. The van der Waals surface area contributed by atoms with Crippen LogP contribution in [0.5, 0.6) is 0 Å². The van der Waals surface area contributed by atoms with Crippen molar-refractivity contribution in [2.45, 2.75) is 39.8 Å². The minimum atomic E-state index is -0.833. The van der Waals surface area contributed by atoms with E-state index in [1.54, 1.807) is 0 Å². The molecule has 1 heterocycles. The fourth-order valence-electron chi connectivity index (χ4n) is 1.89. The van der Waals surface area contributed by atoms with Crippen molar-refractivity contribution in [3.63, 3.8) is 0 Å². The van der Waals surface area contributed by atoms with E-state index >= 15 is 0 Å².